The fraction of sp³-hybridized carbons (Fsp3) is 0.0714. The minimum absolute atomic E-state index is 0.729. The molecule has 4 rings (SSSR count). The van der Waals surface area contributed by atoms with E-state index in [9.17, 15) is 0 Å². The summed E-state index contributed by atoms with van der Waals surface area (Å²) in [4.78, 5) is 11.9. The highest BCUT2D eigenvalue weighted by atomic mass is 15.1. The molecule has 0 aliphatic heterocycles. The van der Waals surface area contributed by atoms with E-state index in [1.807, 2.05) is 37.4 Å². The van der Waals surface area contributed by atoms with Gasteiger partial charge < -0.3 is 10.3 Å². The average Bonchev–Trinajstić information content (AvgIpc) is 3.05. The van der Waals surface area contributed by atoms with Crippen molar-refractivity contribution >= 4 is 33.4 Å². The van der Waals surface area contributed by atoms with Crippen LogP contribution in [0.25, 0.3) is 21.9 Å². The lowest BCUT2D eigenvalue weighted by Crippen LogP contribution is -1.98. The Morgan fingerprint density at radius 1 is 1.15 bits per heavy atom. The van der Waals surface area contributed by atoms with Crippen LogP contribution >= 0.6 is 0 Å². The number of aromatic amines is 2. The van der Waals surface area contributed by atoms with Crippen LogP contribution < -0.4 is 5.32 Å². The number of aryl methyl sites for hydroxylation is 1. The number of nitrogens with zero attached hydrogens (tertiary/aromatic N) is 3. The van der Waals surface area contributed by atoms with E-state index >= 15 is 0 Å². The van der Waals surface area contributed by atoms with Gasteiger partial charge in [0.15, 0.2) is 0 Å². The van der Waals surface area contributed by atoms with Crippen molar-refractivity contribution in [1.82, 2.24) is 25.1 Å². The van der Waals surface area contributed by atoms with Gasteiger partial charge in [-0.3, -0.25) is 5.10 Å². The molecule has 0 aliphatic rings. The fourth-order valence-electron chi connectivity index (χ4n) is 2.31. The molecule has 0 amide bonds. The van der Waals surface area contributed by atoms with Gasteiger partial charge in [0.05, 0.1) is 17.1 Å². The third-order valence-corrected chi connectivity index (χ3v) is 3.23. The van der Waals surface area contributed by atoms with Gasteiger partial charge in [0.25, 0.3) is 0 Å². The first-order valence-electron chi connectivity index (χ1n) is 6.31. The van der Waals surface area contributed by atoms with E-state index in [-0.39, 0.29) is 0 Å². The number of H-pyrrole nitrogens is 2. The number of aromatic nitrogens is 5. The van der Waals surface area contributed by atoms with Crippen LogP contribution in [-0.2, 0) is 0 Å². The molecule has 0 bridgehead atoms. The summed E-state index contributed by atoms with van der Waals surface area (Å²) in [6, 6.07) is 7.99. The number of hydrogen-bond acceptors (Lipinski definition) is 4. The van der Waals surface area contributed by atoms with Gasteiger partial charge in [-0.2, -0.15) is 5.10 Å². The number of benzene rings is 1. The van der Waals surface area contributed by atoms with Crippen molar-refractivity contribution in [2.45, 2.75) is 6.92 Å². The molecule has 6 heteroatoms. The molecule has 0 saturated heterocycles. The van der Waals surface area contributed by atoms with Crippen molar-refractivity contribution in [1.29, 1.82) is 0 Å². The predicted molar refractivity (Wildman–Crippen MR) is 78.0 cm³/mol. The highest BCUT2D eigenvalue weighted by Gasteiger charge is 2.07. The zero-order valence-electron chi connectivity index (χ0n) is 10.8. The van der Waals surface area contributed by atoms with E-state index < -0.39 is 0 Å². The summed E-state index contributed by atoms with van der Waals surface area (Å²) in [6.45, 7) is 1.88. The van der Waals surface area contributed by atoms with E-state index in [1.165, 1.54) is 0 Å². The standard InChI is InChI=1S/C14H12N6/c1-8-17-13-11(4-5-15-13)14(18-8)19-10-2-3-12-9(6-10)7-16-20-12/h2-7H,1H3,(H,16,20)(H2,15,17,18,19). The van der Waals surface area contributed by atoms with Crippen LogP contribution in [0.5, 0.6) is 0 Å². The quantitative estimate of drug-likeness (QED) is 0.520. The van der Waals surface area contributed by atoms with Crippen LogP contribution in [0.4, 0.5) is 11.5 Å². The lowest BCUT2D eigenvalue weighted by Gasteiger charge is -2.07. The van der Waals surface area contributed by atoms with Crippen molar-refractivity contribution in [2.24, 2.45) is 0 Å². The highest BCUT2D eigenvalue weighted by molar-refractivity contribution is 5.90. The molecule has 6 nitrogen and oxygen atoms in total. The molecule has 0 atom stereocenters. The molecular weight excluding hydrogens is 252 g/mol. The van der Waals surface area contributed by atoms with Crippen molar-refractivity contribution in [3.63, 3.8) is 0 Å². The molecule has 0 fully saturated rings. The van der Waals surface area contributed by atoms with Gasteiger partial charge in [-0.25, -0.2) is 9.97 Å². The third-order valence-electron chi connectivity index (χ3n) is 3.23. The second-order valence-electron chi connectivity index (χ2n) is 4.66. The molecule has 20 heavy (non-hydrogen) atoms. The van der Waals surface area contributed by atoms with Crippen LogP contribution in [0.2, 0.25) is 0 Å². The van der Waals surface area contributed by atoms with E-state index in [0.717, 1.165) is 39.3 Å². The maximum Gasteiger partial charge on any atom is 0.143 e. The monoisotopic (exact) mass is 264 g/mol. The SMILES string of the molecule is Cc1nc(Nc2ccc3[nH]ncc3c2)c2cc[nH]c2n1. The molecule has 0 saturated carbocycles. The molecule has 98 valence electrons. The van der Waals surface area contributed by atoms with Gasteiger partial charge in [-0.05, 0) is 31.2 Å². The smallest absolute Gasteiger partial charge is 0.143 e. The molecule has 0 spiro atoms. The molecule has 3 N–H and O–H groups in total. The molecular formula is C14H12N6. The lowest BCUT2D eigenvalue weighted by atomic mass is 10.2. The maximum absolute atomic E-state index is 4.47. The summed E-state index contributed by atoms with van der Waals surface area (Å²) < 4.78 is 0. The van der Waals surface area contributed by atoms with E-state index in [4.69, 9.17) is 0 Å². The number of rotatable bonds is 2. The van der Waals surface area contributed by atoms with Crippen LogP contribution in [0.3, 0.4) is 0 Å². The molecule has 3 aromatic heterocycles. The summed E-state index contributed by atoms with van der Waals surface area (Å²) in [5.41, 5.74) is 2.82. The average molecular weight is 264 g/mol. The van der Waals surface area contributed by atoms with Crippen LogP contribution in [0.15, 0.2) is 36.7 Å². The van der Waals surface area contributed by atoms with Gasteiger partial charge in [-0.1, -0.05) is 0 Å². The minimum Gasteiger partial charge on any atom is -0.346 e. The van der Waals surface area contributed by atoms with Crippen LogP contribution in [-0.4, -0.2) is 25.1 Å². The maximum atomic E-state index is 4.47. The van der Waals surface area contributed by atoms with Crippen molar-refractivity contribution < 1.29 is 0 Å². The minimum atomic E-state index is 0.729. The predicted octanol–water partition coefficient (Wildman–Crippen LogP) is 2.89. The second-order valence-corrected chi connectivity index (χ2v) is 4.66. The summed E-state index contributed by atoms with van der Waals surface area (Å²) in [7, 11) is 0. The normalized spacial score (nSPS) is 11.2. The summed E-state index contributed by atoms with van der Waals surface area (Å²) in [6.07, 6.45) is 3.67. The summed E-state index contributed by atoms with van der Waals surface area (Å²) in [5.74, 6) is 1.53. The van der Waals surface area contributed by atoms with Gasteiger partial charge in [-0.15, -0.1) is 0 Å². The number of nitrogens with one attached hydrogen (secondary N) is 3. The van der Waals surface area contributed by atoms with Crippen LogP contribution in [0, 0.1) is 6.92 Å². The second kappa shape index (κ2) is 4.06. The first-order valence-corrected chi connectivity index (χ1v) is 6.31. The molecule has 0 radical (unpaired) electrons. The molecule has 0 aliphatic carbocycles. The summed E-state index contributed by atoms with van der Waals surface area (Å²) in [5, 5.41) is 12.3. The van der Waals surface area contributed by atoms with E-state index in [1.54, 1.807) is 6.20 Å². The Morgan fingerprint density at radius 2 is 2.10 bits per heavy atom. The molecule has 3 heterocycles. The van der Waals surface area contributed by atoms with E-state index in [0.29, 0.717) is 0 Å². The number of fused-ring (bicyclic) bond motifs is 2. The zero-order chi connectivity index (χ0) is 13.5. The zero-order valence-corrected chi connectivity index (χ0v) is 10.8. The molecule has 1 aromatic carbocycles. The Bertz CT molecular complexity index is 904. The number of anilines is 2. The van der Waals surface area contributed by atoms with E-state index in [2.05, 4.69) is 30.5 Å². The van der Waals surface area contributed by atoms with Crippen LogP contribution in [0.1, 0.15) is 5.82 Å². The van der Waals surface area contributed by atoms with Crippen molar-refractivity contribution in [3.8, 4) is 0 Å². The van der Waals surface area contributed by atoms with Crippen molar-refractivity contribution in [2.75, 3.05) is 5.32 Å². The fourth-order valence-corrected chi connectivity index (χ4v) is 2.31. The van der Waals surface area contributed by atoms with Gasteiger partial charge in [0, 0.05) is 17.3 Å². The first kappa shape index (κ1) is 11.0. The molecule has 0 unspecified atom stereocenters. The summed E-state index contributed by atoms with van der Waals surface area (Å²) >= 11 is 0. The Kier molecular flexibility index (Phi) is 2.23. The third kappa shape index (κ3) is 1.70. The Labute approximate surface area is 114 Å². The number of hydrogen-bond donors (Lipinski definition) is 3. The molecule has 4 aromatic rings. The van der Waals surface area contributed by atoms with Gasteiger partial charge in [0.2, 0.25) is 0 Å². The Hall–Kier alpha value is -2.89. The van der Waals surface area contributed by atoms with Crippen molar-refractivity contribution in [3.05, 3.63) is 42.5 Å². The Morgan fingerprint density at radius 3 is 3.05 bits per heavy atom. The topological polar surface area (TPSA) is 82.3 Å². The van der Waals surface area contributed by atoms with Gasteiger partial charge >= 0.3 is 0 Å². The lowest BCUT2D eigenvalue weighted by molar-refractivity contribution is 1.08. The largest absolute Gasteiger partial charge is 0.346 e. The Balaban J connectivity index is 1.81. The van der Waals surface area contributed by atoms with Gasteiger partial charge in [0.1, 0.15) is 17.3 Å². The first-order chi connectivity index (χ1) is 9.79. The highest BCUT2D eigenvalue weighted by Crippen LogP contribution is 2.25.